The zero-order chi connectivity index (χ0) is 20.6. The van der Waals surface area contributed by atoms with Gasteiger partial charge in [0.15, 0.2) is 0 Å². The van der Waals surface area contributed by atoms with E-state index in [0.29, 0.717) is 22.6 Å². The van der Waals surface area contributed by atoms with Gasteiger partial charge in [-0.15, -0.1) is 11.3 Å². The molecule has 3 aromatic heterocycles. The minimum absolute atomic E-state index is 0.128. The molecule has 8 nitrogen and oxygen atoms in total. The van der Waals surface area contributed by atoms with Gasteiger partial charge in [-0.2, -0.15) is 0 Å². The summed E-state index contributed by atoms with van der Waals surface area (Å²) in [6, 6.07) is 3.74. The van der Waals surface area contributed by atoms with Crippen molar-refractivity contribution in [3.05, 3.63) is 51.3 Å². The first-order valence-electron chi connectivity index (χ1n) is 8.35. The lowest BCUT2D eigenvalue weighted by Gasteiger charge is -2.07. The highest BCUT2D eigenvalue weighted by Gasteiger charge is 2.28. The molecule has 3 aromatic rings. The summed E-state index contributed by atoms with van der Waals surface area (Å²) in [6.45, 7) is 5.28. The summed E-state index contributed by atoms with van der Waals surface area (Å²) in [7, 11) is 2.49. The van der Waals surface area contributed by atoms with Crippen LogP contribution in [-0.4, -0.2) is 41.5 Å². The molecule has 1 amide bonds. The zero-order valence-electron chi connectivity index (χ0n) is 16.1. The Balaban J connectivity index is 2.06. The van der Waals surface area contributed by atoms with E-state index in [1.54, 1.807) is 24.4 Å². The number of hydrogen-bond donors (Lipinski definition) is 1. The number of nitrogens with zero attached hydrogens (tertiary/aromatic N) is 2. The summed E-state index contributed by atoms with van der Waals surface area (Å²) >= 11 is 0.965. The number of aromatic nitrogens is 2. The van der Waals surface area contributed by atoms with Gasteiger partial charge in [0.25, 0.3) is 5.91 Å². The highest BCUT2D eigenvalue weighted by Crippen LogP contribution is 2.34. The molecule has 3 rings (SSSR count). The van der Waals surface area contributed by atoms with Crippen molar-refractivity contribution in [2.75, 3.05) is 19.5 Å². The third-order valence-electron chi connectivity index (χ3n) is 4.31. The van der Waals surface area contributed by atoms with Crippen LogP contribution >= 0.6 is 11.3 Å². The van der Waals surface area contributed by atoms with Gasteiger partial charge in [-0.1, -0.05) is 0 Å². The van der Waals surface area contributed by atoms with Crippen molar-refractivity contribution >= 4 is 39.8 Å². The molecule has 0 saturated carbocycles. The number of aryl methyl sites for hydroxylation is 2. The normalized spacial score (nSPS) is 10.8. The number of hydrogen-bond acceptors (Lipinski definition) is 7. The van der Waals surface area contributed by atoms with Crippen LogP contribution in [0, 0.1) is 20.8 Å². The number of carbonyl (C=O) groups is 3. The number of anilines is 1. The largest absolute Gasteiger partial charge is 0.465 e. The molecule has 0 spiro atoms. The fourth-order valence-corrected chi connectivity index (χ4v) is 4.05. The molecular formula is C19H19N3O5S. The van der Waals surface area contributed by atoms with Crippen molar-refractivity contribution < 1.29 is 23.9 Å². The molecule has 0 fully saturated rings. The Bertz CT molecular complexity index is 1110. The average molecular weight is 401 g/mol. The molecule has 0 aromatic carbocycles. The smallest absolute Gasteiger partial charge is 0.348 e. The van der Waals surface area contributed by atoms with E-state index in [0.717, 1.165) is 16.9 Å². The molecule has 0 bridgehead atoms. The van der Waals surface area contributed by atoms with Gasteiger partial charge in [0.1, 0.15) is 21.2 Å². The second-order valence-electron chi connectivity index (χ2n) is 6.18. The van der Waals surface area contributed by atoms with E-state index in [-0.39, 0.29) is 15.4 Å². The lowest BCUT2D eigenvalue weighted by atomic mass is 10.1. The van der Waals surface area contributed by atoms with Crippen LogP contribution in [0.5, 0.6) is 0 Å². The van der Waals surface area contributed by atoms with E-state index in [4.69, 9.17) is 9.47 Å². The minimum atomic E-state index is -0.648. The fraction of sp³-hybridized carbons (Fsp3) is 0.263. The molecule has 0 radical (unpaired) electrons. The Morgan fingerprint density at radius 1 is 1.11 bits per heavy atom. The molecule has 1 N–H and O–H groups in total. The van der Waals surface area contributed by atoms with Gasteiger partial charge in [-0.3, -0.25) is 9.20 Å². The molecule has 0 unspecified atom stereocenters. The summed E-state index contributed by atoms with van der Waals surface area (Å²) in [5, 5.41) is 2.94. The first-order valence-corrected chi connectivity index (χ1v) is 9.16. The van der Waals surface area contributed by atoms with Crippen molar-refractivity contribution in [3.63, 3.8) is 0 Å². The summed E-state index contributed by atoms with van der Waals surface area (Å²) in [4.78, 5) is 41.8. The molecule has 0 aliphatic heterocycles. The standard InChI is InChI=1S/C19H19N3O5S/c1-9-6-7-22-12(8-9)20-11(3)14(22)16(23)21-17-13(18(24)26-4)10(2)15(28-17)19(25)27-5/h6-8H,1-5H3,(H,21,23). The Morgan fingerprint density at radius 3 is 2.43 bits per heavy atom. The van der Waals surface area contributed by atoms with Crippen LogP contribution in [-0.2, 0) is 9.47 Å². The first-order chi connectivity index (χ1) is 13.3. The number of thiophene rings is 1. The van der Waals surface area contributed by atoms with Crippen LogP contribution in [0.15, 0.2) is 18.3 Å². The molecule has 0 atom stereocenters. The van der Waals surface area contributed by atoms with Crippen LogP contribution in [0.2, 0.25) is 0 Å². The molecule has 9 heteroatoms. The van der Waals surface area contributed by atoms with Crippen molar-refractivity contribution in [1.82, 2.24) is 9.38 Å². The van der Waals surface area contributed by atoms with Gasteiger partial charge in [0, 0.05) is 6.20 Å². The Labute approximate surface area is 165 Å². The summed E-state index contributed by atoms with van der Waals surface area (Å²) in [5.74, 6) is -1.68. The number of ether oxygens (including phenoxy) is 2. The predicted molar refractivity (Wildman–Crippen MR) is 104 cm³/mol. The van der Waals surface area contributed by atoms with Gasteiger partial charge in [0.05, 0.1) is 25.5 Å². The minimum Gasteiger partial charge on any atom is -0.465 e. The second-order valence-corrected chi connectivity index (χ2v) is 7.20. The maximum atomic E-state index is 13.0. The van der Waals surface area contributed by atoms with Gasteiger partial charge in [-0.05, 0) is 44.0 Å². The first kappa shape index (κ1) is 19.6. The van der Waals surface area contributed by atoms with Gasteiger partial charge in [-0.25, -0.2) is 14.6 Å². The maximum Gasteiger partial charge on any atom is 0.348 e. The number of imidazole rings is 1. The Kier molecular flexibility index (Phi) is 5.19. The molecule has 146 valence electrons. The molecule has 0 aliphatic carbocycles. The molecular weight excluding hydrogens is 382 g/mol. The van der Waals surface area contributed by atoms with E-state index in [1.807, 2.05) is 19.1 Å². The van der Waals surface area contributed by atoms with Crippen LogP contribution < -0.4 is 5.32 Å². The number of methoxy groups -OCH3 is 2. The SMILES string of the molecule is COC(=O)c1sc(NC(=O)c2c(C)nc3cc(C)ccn23)c(C(=O)OC)c1C. The van der Waals surface area contributed by atoms with E-state index >= 15 is 0 Å². The van der Waals surface area contributed by atoms with Crippen LogP contribution in [0.3, 0.4) is 0 Å². The number of amides is 1. The molecule has 0 saturated heterocycles. The molecule has 0 aliphatic rings. The van der Waals surface area contributed by atoms with Crippen molar-refractivity contribution in [3.8, 4) is 0 Å². The predicted octanol–water partition coefficient (Wildman–Crippen LogP) is 3.15. The fourth-order valence-electron chi connectivity index (χ4n) is 2.94. The Morgan fingerprint density at radius 2 is 1.79 bits per heavy atom. The third-order valence-corrected chi connectivity index (χ3v) is 5.49. The highest BCUT2D eigenvalue weighted by molar-refractivity contribution is 7.18. The van der Waals surface area contributed by atoms with Gasteiger partial charge in [0.2, 0.25) is 0 Å². The maximum absolute atomic E-state index is 13.0. The number of esters is 2. The van der Waals surface area contributed by atoms with Crippen molar-refractivity contribution in [1.29, 1.82) is 0 Å². The van der Waals surface area contributed by atoms with E-state index in [9.17, 15) is 14.4 Å². The number of rotatable bonds is 4. The second kappa shape index (κ2) is 7.43. The van der Waals surface area contributed by atoms with Crippen LogP contribution in [0.25, 0.3) is 5.65 Å². The zero-order valence-corrected chi connectivity index (χ0v) is 16.9. The number of pyridine rings is 1. The third kappa shape index (κ3) is 3.24. The number of nitrogens with one attached hydrogen (secondary N) is 1. The topological polar surface area (TPSA) is 99.0 Å². The van der Waals surface area contributed by atoms with E-state index < -0.39 is 17.8 Å². The summed E-state index contributed by atoms with van der Waals surface area (Å²) < 4.78 is 11.2. The van der Waals surface area contributed by atoms with Crippen LogP contribution in [0.1, 0.15) is 47.3 Å². The quantitative estimate of drug-likeness (QED) is 0.674. The molecule has 3 heterocycles. The van der Waals surface area contributed by atoms with E-state index in [2.05, 4.69) is 10.3 Å². The van der Waals surface area contributed by atoms with Gasteiger partial charge >= 0.3 is 11.9 Å². The average Bonchev–Trinajstić information content (AvgIpc) is 3.15. The summed E-state index contributed by atoms with van der Waals surface area (Å²) in [6.07, 6.45) is 1.76. The highest BCUT2D eigenvalue weighted by atomic mass is 32.1. The number of fused-ring (bicyclic) bond motifs is 1. The van der Waals surface area contributed by atoms with E-state index in [1.165, 1.54) is 14.2 Å². The number of carbonyl (C=O) groups excluding carboxylic acids is 3. The van der Waals surface area contributed by atoms with Crippen molar-refractivity contribution in [2.24, 2.45) is 0 Å². The summed E-state index contributed by atoms with van der Waals surface area (Å²) in [5.41, 5.74) is 3.08. The monoisotopic (exact) mass is 401 g/mol. The van der Waals surface area contributed by atoms with Gasteiger partial charge < -0.3 is 14.8 Å². The Hall–Kier alpha value is -3.20. The van der Waals surface area contributed by atoms with Crippen LogP contribution in [0.4, 0.5) is 5.00 Å². The lowest BCUT2D eigenvalue weighted by molar-refractivity contribution is 0.0601. The lowest BCUT2D eigenvalue weighted by Crippen LogP contribution is -2.17. The van der Waals surface area contributed by atoms with Crippen molar-refractivity contribution in [2.45, 2.75) is 20.8 Å². The molecule has 28 heavy (non-hydrogen) atoms.